The molecule has 0 aliphatic heterocycles. The van der Waals surface area contributed by atoms with Gasteiger partial charge in [0.05, 0.1) is 145 Å². The first-order chi connectivity index (χ1) is 55.6. The van der Waals surface area contributed by atoms with Crippen LogP contribution in [0.1, 0.15) is 245 Å². The number of nitrogens with zero attached hydrogens (tertiary/aromatic N) is 4. The van der Waals surface area contributed by atoms with Crippen molar-refractivity contribution in [2.75, 3.05) is 111 Å². The second-order valence-electron chi connectivity index (χ2n) is 27.2. The first kappa shape index (κ1) is 119. The van der Waals surface area contributed by atoms with Crippen LogP contribution in [0.25, 0.3) is 0 Å². The largest absolute Gasteiger partial charge is 0.491 e. The minimum Gasteiger partial charge on any atom is -0.491 e. The van der Waals surface area contributed by atoms with Gasteiger partial charge in [-0.3, -0.25) is 9.59 Å². The summed E-state index contributed by atoms with van der Waals surface area (Å²) in [6, 6.07) is 22.8. The first-order valence-corrected chi connectivity index (χ1v) is 40.8. The number of rotatable bonds is 54. The smallest absolute Gasteiger partial charge is 0.336 e. The van der Waals surface area contributed by atoms with Crippen molar-refractivity contribution >= 4 is 41.4 Å². The maximum Gasteiger partial charge on any atom is 0.336 e. The second-order valence-corrected chi connectivity index (χ2v) is 27.2. The Balaban J connectivity index is -0.000000302. The van der Waals surface area contributed by atoms with E-state index < -0.39 is 35.6 Å². The van der Waals surface area contributed by atoms with Crippen LogP contribution in [0.5, 0.6) is 5.75 Å². The molecule has 0 aliphatic carbocycles. The van der Waals surface area contributed by atoms with E-state index in [-0.39, 0.29) is 61.0 Å². The third-order valence-corrected chi connectivity index (χ3v) is 16.4. The molecule has 0 aliphatic rings. The van der Waals surface area contributed by atoms with Crippen LogP contribution in [-0.4, -0.2) is 184 Å². The Morgan fingerprint density at radius 2 is 0.829 bits per heavy atom. The van der Waals surface area contributed by atoms with E-state index in [1.165, 1.54) is 11.6 Å². The van der Waals surface area contributed by atoms with Crippen LogP contribution in [0.2, 0.25) is 0 Å². The number of carbonyl (C=O) groups is 6. The number of hydrogen-bond acceptors (Lipinski definition) is 25. The van der Waals surface area contributed by atoms with Gasteiger partial charge in [0, 0.05) is 53.7 Å². The fourth-order valence-electron chi connectivity index (χ4n) is 7.13. The van der Waals surface area contributed by atoms with Crippen LogP contribution in [0.4, 0.5) is 5.69 Å². The predicted octanol–water partition coefficient (Wildman–Crippen LogP) is 18.4. The molecular formula is C91H149N5O21. The molecule has 2 rings (SSSR count). The summed E-state index contributed by atoms with van der Waals surface area (Å²) in [5.74, 6) is -1.21. The van der Waals surface area contributed by atoms with E-state index in [4.69, 9.17) is 92.1 Å². The summed E-state index contributed by atoms with van der Waals surface area (Å²) < 4.78 is 78.1. The maximum absolute atomic E-state index is 11.5. The summed E-state index contributed by atoms with van der Waals surface area (Å²) in [5, 5.41) is 35.9. The van der Waals surface area contributed by atoms with Gasteiger partial charge < -0.3 is 76.4 Å². The highest BCUT2D eigenvalue weighted by Crippen LogP contribution is 2.29. The Kier molecular flexibility index (Phi) is 85.4. The van der Waals surface area contributed by atoms with Crippen molar-refractivity contribution in [1.82, 2.24) is 0 Å². The van der Waals surface area contributed by atoms with Crippen LogP contribution < -0.4 is 10.1 Å². The molecule has 0 saturated heterocycles. The molecule has 1 N–H and O–H groups in total. The van der Waals surface area contributed by atoms with Crippen molar-refractivity contribution in [3.8, 4) is 30.0 Å². The molecule has 26 heteroatoms. The molecule has 7 unspecified atom stereocenters. The molecule has 0 radical (unpaired) electrons. The topological polar surface area (TPSA) is 348 Å². The van der Waals surface area contributed by atoms with Gasteiger partial charge in [0.2, 0.25) is 5.91 Å². The number of ether oxygens (including phenoxy) is 15. The summed E-state index contributed by atoms with van der Waals surface area (Å²) in [6.45, 7) is 65.0. The minimum atomic E-state index is -0.948. The average molecular weight is 1650 g/mol. The number of unbranched alkanes of at least 4 members (excludes halogenated alkanes) is 1. The van der Waals surface area contributed by atoms with Gasteiger partial charge in [-0.25, -0.2) is 19.2 Å². The second kappa shape index (κ2) is 83.8. The van der Waals surface area contributed by atoms with Gasteiger partial charge in [-0.05, 0) is 187 Å². The number of nitriles is 4. The molecule has 0 aromatic heterocycles. The monoisotopic (exact) mass is 1650 g/mol. The number of hydrogen-bond donors (Lipinski definition) is 1. The third kappa shape index (κ3) is 80.9. The van der Waals surface area contributed by atoms with Gasteiger partial charge in [-0.2, -0.15) is 21.0 Å². The van der Waals surface area contributed by atoms with Crippen molar-refractivity contribution in [2.24, 2.45) is 5.41 Å². The summed E-state index contributed by atoms with van der Waals surface area (Å²) in [5.41, 5.74) is 3.25. The van der Waals surface area contributed by atoms with E-state index in [0.29, 0.717) is 134 Å². The lowest BCUT2D eigenvalue weighted by molar-refractivity contribution is -0.204. The Hall–Kier alpha value is -8.64. The molecular weight excluding hydrogens is 1500 g/mol. The fraction of sp³-hybridized carbons (Fsp3) is 0.648. The summed E-state index contributed by atoms with van der Waals surface area (Å²) >= 11 is 0. The zero-order valence-corrected chi connectivity index (χ0v) is 75.0. The van der Waals surface area contributed by atoms with Crippen molar-refractivity contribution in [1.29, 1.82) is 21.0 Å². The highest BCUT2D eigenvalue weighted by molar-refractivity contribution is 5.98. The molecule has 7 atom stereocenters. The Labute approximate surface area is 704 Å². The molecule has 0 fully saturated rings. The number of benzene rings is 2. The molecule has 0 spiro atoms. The van der Waals surface area contributed by atoms with Gasteiger partial charge in [0.1, 0.15) is 32.0 Å². The molecule has 117 heavy (non-hydrogen) atoms. The Bertz CT molecular complexity index is 3050. The number of nitrogens with one attached hydrogen (secondary N) is 1. The standard InChI is InChI=1S/C14H22O4.C13H17NO2.C13H17NO.C12H22O3.C11H20O4.C10H19NO2.C9H15NO3.C9H17NO2/c1-8-14(6,7)13(17-11(15)9(2)3)18-12(16)10(4)5;1-3-11(2)15-8-9-16-13-6-4-12(10-14)5-7-13;1-4-10(3)11-6-8-12(9-7-11)14-13(15)5-2;1-5-11(4)14-8-6-7-9-15-12(13)10(2)3;1-4-10(3)14-8-6-13-7-9-15-11(12)5-2;1-3-10(2)13-9-5-8-12-7-4-6-11;1-3-8(2)12-6-7-13-9(11)4-5-10;1-3-9(2)12-8-7-11-6-4-5-10/h13H,2,4,8H2,1,3,5-7H3;4-7,11H,3,8-9H2,1-2H3;5-10H,2,4H2,1,3H3,(H,14,15);11H,2,5-9H2,1,3-4H3;5,10H,2,4,6-9H2,1,3H3;10H,3-5,7-9H2,1-2H3;8H,3-4,6-7H2,1-2H3;9H,3-4,6-8H2,1-2H3. The number of amides is 1. The molecule has 0 bridgehead atoms. The highest BCUT2D eigenvalue weighted by atomic mass is 16.7. The zero-order valence-electron chi connectivity index (χ0n) is 75.0. The normalized spacial score (nSPS) is 11.9. The van der Waals surface area contributed by atoms with Gasteiger partial charge in [-0.15, -0.1) is 0 Å². The van der Waals surface area contributed by atoms with Gasteiger partial charge in [0.15, 0.2) is 0 Å². The molecule has 0 saturated carbocycles. The van der Waals surface area contributed by atoms with Crippen molar-refractivity contribution in [3.63, 3.8) is 0 Å². The number of anilines is 1. The molecule has 2 aromatic rings. The van der Waals surface area contributed by atoms with E-state index in [0.717, 1.165) is 94.9 Å². The van der Waals surface area contributed by atoms with Crippen LogP contribution in [0.15, 0.2) is 110 Å². The molecule has 664 valence electrons. The summed E-state index contributed by atoms with van der Waals surface area (Å²) in [6.07, 6.45) is 14.5. The van der Waals surface area contributed by atoms with Crippen LogP contribution in [-0.2, 0) is 95.1 Å². The van der Waals surface area contributed by atoms with Crippen LogP contribution in [0, 0.1) is 50.7 Å². The first-order valence-electron chi connectivity index (χ1n) is 40.8. The van der Waals surface area contributed by atoms with E-state index >= 15 is 0 Å². The van der Waals surface area contributed by atoms with Gasteiger partial charge >= 0.3 is 29.8 Å². The third-order valence-electron chi connectivity index (χ3n) is 16.4. The Morgan fingerprint density at radius 1 is 0.436 bits per heavy atom. The lowest BCUT2D eigenvalue weighted by Crippen LogP contribution is -2.38. The lowest BCUT2D eigenvalue weighted by Gasteiger charge is -2.32. The lowest BCUT2D eigenvalue weighted by atomic mass is 9.89. The SMILES string of the molecule is C=C(C)C(=O)OC(OC(=O)C(=C)C)C(C)(C)CC.C=C(C)C(=O)OCCCCOC(C)CC.C=CC(=O)Nc1ccc(C(C)CC)cc1.C=CC(=O)OCCOCCOC(C)CC.CCC(C)OCCCOCCC#N.CCC(C)OCCOC(=O)CC#N.CCC(C)OCCOCCC#N.CCC(C)OCCOc1ccc(C#N)cc1. The molecule has 1 amide bonds. The minimum absolute atomic E-state index is 0.175. The van der Waals surface area contributed by atoms with Crippen LogP contribution in [0.3, 0.4) is 0 Å². The van der Waals surface area contributed by atoms with Crippen molar-refractivity contribution in [3.05, 3.63) is 121 Å². The maximum atomic E-state index is 11.5. The van der Waals surface area contributed by atoms with Crippen molar-refractivity contribution < 1.29 is 99.8 Å². The van der Waals surface area contributed by atoms with Gasteiger partial charge in [-0.1, -0.05) is 121 Å². The van der Waals surface area contributed by atoms with E-state index in [1.54, 1.807) is 51.1 Å². The molecule has 26 nitrogen and oxygen atoms in total. The number of carbonyl (C=O) groups excluding carboxylic acids is 6. The Morgan fingerprint density at radius 3 is 1.22 bits per heavy atom. The predicted molar refractivity (Wildman–Crippen MR) is 459 cm³/mol. The number of esters is 5. The van der Waals surface area contributed by atoms with E-state index in [9.17, 15) is 28.8 Å². The fourth-order valence-corrected chi connectivity index (χ4v) is 7.13. The van der Waals surface area contributed by atoms with E-state index in [2.05, 4.69) is 107 Å². The van der Waals surface area contributed by atoms with Crippen LogP contribution >= 0.6 is 0 Å². The quantitative estimate of drug-likeness (QED) is 0.0211. The van der Waals surface area contributed by atoms with E-state index in [1.807, 2.05) is 91.8 Å². The molecule has 0 heterocycles. The van der Waals surface area contributed by atoms with Crippen molar-refractivity contribution in [2.45, 2.75) is 277 Å². The zero-order chi connectivity index (χ0) is 90.1. The van der Waals surface area contributed by atoms with Gasteiger partial charge in [0.25, 0.3) is 6.29 Å². The summed E-state index contributed by atoms with van der Waals surface area (Å²) in [7, 11) is 0. The average Bonchev–Trinajstić information content (AvgIpc) is 0.843. The molecule has 2 aromatic carbocycles. The summed E-state index contributed by atoms with van der Waals surface area (Å²) in [4.78, 5) is 66.3. The highest BCUT2D eigenvalue weighted by Gasteiger charge is 2.35.